The van der Waals surface area contributed by atoms with Gasteiger partial charge in [-0.3, -0.25) is 9.88 Å². The minimum Gasteiger partial charge on any atom is -0.315 e. The zero-order chi connectivity index (χ0) is 17.1. The SMILES string of the molecule is Brc1ccccc1C(c1ccc2cnccc2c1)N1CCCNCC1. The van der Waals surface area contributed by atoms with Crippen LogP contribution in [0.5, 0.6) is 0 Å². The predicted octanol–water partition coefficient (Wildman–Crippen LogP) is 4.38. The van der Waals surface area contributed by atoms with E-state index in [1.807, 2.05) is 12.4 Å². The summed E-state index contributed by atoms with van der Waals surface area (Å²) in [6.45, 7) is 4.30. The fourth-order valence-electron chi connectivity index (χ4n) is 3.68. The van der Waals surface area contributed by atoms with Crippen molar-refractivity contribution in [1.29, 1.82) is 0 Å². The topological polar surface area (TPSA) is 28.2 Å². The highest BCUT2D eigenvalue weighted by atomic mass is 79.9. The molecule has 1 fully saturated rings. The highest BCUT2D eigenvalue weighted by Gasteiger charge is 2.25. The van der Waals surface area contributed by atoms with Crippen LogP contribution in [0.4, 0.5) is 0 Å². The van der Waals surface area contributed by atoms with Crippen molar-refractivity contribution in [3.63, 3.8) is 0 Å². The Hall–Kier alpha value is -1.75. The number of rotatable bonds is 3. The molecule has 0 saturated carbocycles. The van der Waals surface area contributed by atoms with Gasteiger partial charge in [-0.2, -0.15) is 0 Å². The molecule has 4 heteroatoms. The molecule has 0 bridgehead atoms. The van der Waals surface area contributed by atoms with Gasteiger partial charge in [0.2, 0.25) is 0 Å². The maximum atomic E-state index is 4.24. The van der Waals surface area contributed by atoms with Crippen LogP contribution in [0.2, 0.25) is 0 Å². The van der Waals surface area contributed by atoms with E-state index in [9.17, 15) is 0 Å². The van der Waals surface area contributed by atoms with Gasteiger partial charge in [0, 0.05) is 41.9 Å². The van der Waals surface area contributed by atoms with Crippen molar-refractivity contribution < 1.29 is 0 Å². The van der Waals surface area contributed by atoms with E-state index < -0.39 is 0 Å². The summed E-state index contributed by atoms with van der Waals surface area (Å²) in [6, 6.07) is 17.7. The summed E-state index contributed by atoms with van der Waals surface area (Å²) in [5.74, 6) is 0. The highest BCUT2D eigenvalue weighted by Crippen LogP contribution is 2.35. The Bertz CT molecular complexity index is 856. The molecule has 4 rings (SSSR count). The number of halogens is 1. The first-order valence-electron chi connectivity index (χ1n) is 8.86. The number of hydrogen-bond donors (Lipinski definition) is 1. The summed E-state index contributed by atoms with van der Waals surface area (Å²) < 4.78 is 1.17. The molecule has 25 heavy (non-hydrogen) atoms. The van der Waals surface area contributed by atoms with Gasteiger partial charge in [-0.05, 0) is 47.7 Å². The van der Waals surface area contributed by atoms with E-state index >= 15 is 0 Å². The van der Waals surface area contributed by atoms with E-state index in [2.05, 4.69) is 79.7 Å². The predicted molar refractivity (Wildman–Crippen MR) is 107 cm³/mol. The van der Waals surface area contributed by atoms with Crippen molar-refractivity contribution in [2.75, 3.05) is 26.2 Å². The number of nitrogens with zero attached hydrogens (tertiary/aromatic N) is 2. The molecule has 0 aliphatic carbocycles. The quantitative estimate of drug-likeness (QED) is 0.712. The molecule has 1 aliphatic rings. The molecule has 0 amide bonds. The first-order chi connectivity index (χ1) is 12.3. The molecule has 1 unspecified atom stereocenters. The van der Waals surface area contributed by atoms with Gasteiger partial charge in [-0.25, -0.2) is 0 Å². The van der Waals surface area contributed by atoms with E-state index in [0.29, 0.717) is 0 Å². The van der Waals surface area contributed by atoms with Gasteiger partial charge >= 0.3 is 0 Å². The molecular formula is C21H22BrN3. The third kappa shape index (κ3) is 3.61. The summed E-state index contributed by atoms with van der Waals surface area (Å²) in [4.78, 5) is 6.84. The van der Waals surface area contributed by atoms with Gasteiger partial charge in [-0.15, -0.1) is 0 Å². The molecule has 128 valence electrons. The maximum absolute atomic E-state index is 4.24. The minimum atomic E-state index is 0.257. The Morgan fingerprint density at radius 3 is 2.84 bits per heavy atom. The standard InChI is InChI=1S/C21H22BrN3/c22-20-5-2-1-4-19(20)21(25-12-3-9-23-11-13-25)17-6-7-18-15-24-10-8-16(18)14-17/h1-2,4-8,10,14-15,21,23H,3,9,11-13H2. The highest BCUT2D eigenvalue weighted by molar-refractivity contribution is 9.10. The van der Waals surface area contributed by atoms with E-state index in [1.54, 1.807) is 0 Å². The van der Waals surface area contributed by atoms with E-state index in [4.69, 9.17) is 0 Å². The molecule has 1 aromatic heterocycles. The van der Waals surface area contributed by atoms with Crippen LogP contribution < -0.4 is 5.32 Å². The molecule has 1 atom stereocenters. The average molecular weight is 396 g/mol. The number of aromatic nitrogens is 1. The summed E-state index contributed by atoms with van der Waals surface area (Å²) in [6.07, 6.45) is 4.98. The van der Waals surface area contributed by atoms with Crippen LogP contribution in [0.1, 0.15) is 23.6 Å². The summed E-state index contributed by atoms with van der Waals surface area (Å²) in [5, 5.41) is 5.95. The van der Waals surface area contributed by atoms with Crippen LogP contribution >= 0.6 is 15.9 Å². The molecule has 2 aromatic carbocycles. The second-order valence-electron chi connectivity index (χ2n) is 6.55. The van der Waals surface area contributed by atoms with Crippen LogP contribution in [0.15, 0.2) is 65.4 Å². The van der Waals surface area contributed by atoms with Crippen molar-refractivity contribution in [3.05, 3.63) is 76.5 Å². The van der Waals surface area contributed by atoms with Crippen molar-refractivity contribution in [2.24, 2.45) is 0 Å². The monoisotopic (exact) mass is 395 g/mol. The zero-order valence-electron chi connectivity index (χ0n) is 14.2. The Labute approximate surface area is 157 Å². The molecule has 3 aromatic rings. The summed E-state index contributed by atoms with van der Waals surface area (Å²) in [5.41, 5.74) is 2.67. The number of fused-ring (bicyclic) bond motifs is 1. The smallest absolute Gasteiger partial charge is 0.0613 e. The van der Waals surface area contributed by atoms with Crippen molar-refractivity contribution in [1.82, 2.24) is 15.2 Å². The van der Waals surface area contributed by atoms with Gasteiger partial charge in [0.25, 0.3) is 0 Å². The van der Waals surface area contributed by atoms with Crippen molar-refractivity contribution in [2.45, 2.75) is 12.5 Å². The Morgan fingerprint density at radius 1 is 1.00 bits per heavy atom. The van der Waals surface area contributed by atoms with Gasteiger partial charge < -0.3 is 5.32 Å². The molecule has 0 radical (unpaired) electrons. The normalized spacial score (nSPS) is 17.3. The fourth-order valence-corrected chi connectivity index (χ4v) is 4.18. The lowest BCUT2D eigenvalue weighted by Gasteiger charge is -2.32. The summed E-state index contributed by atoms with van der Waals surface area (Å²) >= 11 is 3.78. The van der Waals surface area contributed by atoms with Gasteiger partial charge in [0.1, 0.15) is 0 Å². The Balaban J connectivity index is 1.81. The second kappa shape index (κ2) is 7.65. The fraction of sp³-hybridized carbons (Fsp3) is 0.286. The molecule has 3 nitrogen and oxygen atoms in total. The lowest BCUT2D eigenvalue weighted by molar-refractivity contribution is 0.240. The number of hydrogen-bond acceptors (Lipinski definition) is 3. The van der Waals surface area contributed by atoms with Crippen molar-refractivity contribution >= 4 is 26.7 Å². The van der Waals surface area contributed by atoms with Crippen LogP contribution in [0.3, 0.4) is 0 Å². The summed E-state index contributed by atoms with van der Waals surface area (Å²) in [7, 11) is 0. The van der Waals surface area contributed by atoms with Gasteiger partial charge in [-0.1, -0.05) is 46.3 Å². The molecular weight excluding hydrogens is 374 g/mol. The lowest BCUT2D eigenvalue weighted by atomic mass is 9.95. The van der Waals surface area contributed by atoms with Crippen LogP contribution in [0.25, 0.3) is 10.8 Å². The lowest BCUT2D eigenvalue weighted by Crippen LogP contribution is -2.33. The van der Waals surface area contributed by atoms with Gasteiger partial charge in [0.15, 0.2) is 0 Å². The van der Waals surface area contributed by atoms with Crippen LogP contribution in [-0.2, 0) is 0 Å². The van der Waals surface area contributed by atoms with Crippen LogP contribution in [0, 0.1) is 0 Å². The number of pyridine rings is 1. The van der Waals surface area contributed by atoms with E-state index in [0.717, 1.165) is 26.2 Å². The minimum absolute atomic E-state index is 0.257. The van der Waals surface area contributed by atoms with Gasteiger partial charge in [0.05, 0.1) is 6.04 Å². The van der Waals surface area contributed by atoms with Crippen LogP contribution in [-0.4, -0.2) is 36.1 Å². The van der Waals surface area contributed by atoms with E-state index in [1.165, 1.54) is 32.8 Å². The zero-order valence-corrected chi connectivity index (χ0v) is 15.7. The first-order valence-corrected chi connectivity index (χ1v) is 9.65. The third-order valence-electron chi connectivity index (χ3n) is 4.92. The average Bonchev–Trinajstić information content (AvgIpc) is 2.93. The first kappa shape index (κ1) is 16.7. The second-order valence-corrected chi connectivity index (χ2v) is 7.40. The van der Waals surface area contributed by atoms with E-state index in [-0.39, 0.29) is 6.04 Å². The Kier molecular flexibility index (Phi) is 5.11. The van der Waals surface area contributed by atoms with Crippen molar-refractivity contribution in [3.8, 4) is 0 Å². The molecule has 1 aliphatic heterocycles. The third-order valence-corrected chi connectivity index (χ3v) is 5.64. The number of benzene rings is 2. The number of nitrogens with one attached hydrogen (secondary N) is 1. The largest absolute Gasteiger partial charge is 0.315 e. The Morgan fingerprint density at radius 2 is 1.92 bits per heavy atom. The molecule has 2 heterocycles. The molecule has 1 saturated heterocycles. The molecule has 1 N–H and O–H groups in total. The maximum Gasteiger partial charge on any atom is 0.0613 e. The molecule has 0 spiro atoms.